The summed E-state index contributed by atoms with van der Waals surface area (Å²) in [7, 11) is 0. The molecule has 0 radical (unpaired) electrons. The van der Waals surface area contributed by atoms with Crippen LogP contribution in [0, 0.1) is 11.8 Å². The minimum absolute atomic E-state index is 0.689. The molecular formula is C16H29N3. The highest BCUT2D eigenvalue weighted by molar-refractivity contribution is 5.37. The first-order chi connectivity index (χ1) is 9.15. The number of pyridine rings is 1. The number of nitrogens with one attached hydrogen (secondary N) is 2. The van der Waals surface area contributed by atoms with E-state index in [4.69, 9.17) is 0 Å². The van der Waals surface area contributed by atoms with E-state index in [0.29, 0.717) is 5.92 Å². The summed E-state index contributed by atoms with van der Waals surface area (Å²) in [6.07, 6.45) is 4.33. The van der Waals surface area contributed by atoms with Crippen LogP contribution in [0.1, 0.15) is 46.1 Å². The van der Waals surface area contributed by atoms with Crippen molar-refractivity contribution < 1.29 is 0 Å². The predicted octanol–water partition coefficient (Wildman–Crippen LogP) is 3.68. The molecule has 0 aliphatic rings. The van der Waals surface area contributed by atoms with Crippen LogP contribution in [0.25, 0.3) is 0 Å². The van der Waals surface area contributed by atoms with Crippen molar-refractivity contribution >= 4 is 5.82 Å². The molecule has 0 unspecified atom stereocenters. The van der Waals surface area contributed by atoms with Crippen LogP contribution in [0.4, 0.5) is 5.82 Å². The Morgan fingerprint density at radius 1 is 1.16 bits per heavy atom. The number of nitrogens with zero attached hydrogens (tertiary/aromatic N) is 1. The van der Waals surface area contributed by atoms with Gasteiger partial charge in [0.2, 0.25) is 0 Å². The van der Waals surface area contributed by atoms with Gasteiger partial charge in [0, 0.05) is 19.3 Å². The molecule has 0 saturated heterocycles. The van der Waals surface area contributed by atoms with Crippen molar-refractivity contribution in [2.45, 2.75) is 47.1 Å². The van der Waals surface area contributed by atoms with Crippen molar-refractivity contribution in [3.8, 4) is 0 Å². The quantitative estimate of drug-likeness (QED) is 0.713. The maximum Gasteiger partial charge on any atom is 0.126 e. The Labute approximate surface area is 118 Å². The molecule has 0 amide bonds. The Morgan fingerprint density at radius 2 is 1.89 bits per heavy atom. The van der Waals surface area contributed by atoms with Gasteiger partial charge in [-0.15, -0.1) is 0 Å². The van der Waals surface area contributed by atoms with E-state index in [1.54, 1.807) is 0 Å². The third kappa shape index (κ3) is 6.58. The van der Waals surface area contributed by atoms with Crippen molar-refractivity contribution in [2.75, 3.05) is 18.4 Å². The monoisotopic (exact) mass is 263 g/mol. The summed E-state index contributed by atoms with van der Waals surface area (Å²) in [6.45, 7) is 11.9. The zero-order chi connectivity index (χ0) is 14.1. The van der Waals surface area contributed by atoms with E-state index >= 15 is 0 Å². The van der Waals surface area contributed by atoms with E-state index in [1.165, 1.54) is 18.4 Å². The standard InChI is InChI=1S/C16H29N3/c1-5-14(6-2)12-19-16-9-15(7-8-18-16)11-17-10-13(3)4/h7-9,13-14,17H,5-6,10-12H2,1-4H3,(H,18,19). The molecule has 19 heavy (non-hydrogen) atoms. The Bertz CT molecular complexity index is 346. The molecule has 0 fully saturated rings. The molecule has 0 atom stereocenters. The highest BCUT2D eigenvalue weighted by Gasteiger charge is 2.04. The molecule has 0 aromatic carbocycles. The van der Waals surface area contributed by atoms with Crippen LogP contribution in [0.3, 0.4) is 0 Å². The largest absolute Gasteiger partial charge is 0.370 e. The average molecular weight is 263 g/mol. The Balaban J connectivity index is 2.43. The average Bonchev–Trinajstić information content (AvgIpc) is 2.40. The van der Waals surface area contributed by atoms with E-state index in [2.05, 4.69) is 55.4 Å². The van der Waals surface area contributed by atoms with E-state index in [9.17, 15) is 0 Å². The lowest BCUT2D eigenvalue weighted by Gasteiger charge is -2.14. The lowest BCUT2D eigenvalue weighted by molar-refractivity contribution is 0.518. The van der Waals surface area contributed by atoms with E-state index in [1.807, 2.05) is 6.20 Å². The zero-order valence-corrected chi connectivity index (χ0v) is 12.9. The number of anilines is 1. The van der Waals surface area contributed by atoms with Crippen molar-refractivity contribution in [3.05, 3.63) is 23.9 Å². The molecule has 0 aliphatic carbocycles. The van der Waals surface area contributed by atoms with Crippen molar-refractivity contribution in [2.24, 2.45) is 11.8 Å². The molecule has 2 N–H and O–H groups in total. The van der Waals surface area contributed by atoms with E-state index in [0.717, 1.165) is 31.4 Å². The van der Waals surface area contributed by atoms with Crippen LogP contribution < -0.4 is 10.6 Å². The third-order valence-corrected chi connectivity index (χ3v) is 3.43. The first kappa shape index (κ1) is 16.0. The zero-order valence-electron chi connectivity index (χ0n) is 12.9. The molecule has 1 heterocycles. The molecule has 0 saturated carbocycles. The minimum Gasteiger partial charge on any atom is -0.370 e. The summed E-state index contributed by atoms with van der Waals surface area (Å²) < 4.78 is 0. The molecule has 0 spiro atoms. The van der Waals surface area contributed by atoms with Crippen LogP contribution in [-0.4, -0.2) is 18.1 Å². The molecular weight excluding hydrogens is 234 g/mol. The summed E-state index contributed by atoms with van der Waals surface area (Å²) in [5.41, 5.74) is 1.29. The molecule has 0 bridgehead atoms. The second-order valence-electron chi connectivity index (χ2n) is 5.64. The number of hydrogen-bond acceptors (Lipinski definition) is 3. The molecule has 3 heteroatoms. The number of hydrogen-bond donors (Lipinski definition) is 2. The molecule has 1 rings (SSSR count). The van der Waals surface area contributed by atoms with Gasteiger partial charge in [-0.3, -0.25) is 0 Å². The molecule has 1 aromatic heterocycles. The summed E-state index contributed by atoms with van der Waals surface area (Å²) in [5.74, 6) is 2.43. The second-order valence-corrected chi connectivity index (χ2v) is 5.64. The fourth-order valence-electron chi connectivity index (χ4n) is 2.01. The summed E-state index contributed by atoms with van der Waals surface area (Å²) in [4.78, 5) is 4.38. The maximum absolute atomic E-state index is 4.38. The van der Waals surface area contributed by atoms with E-state index < -0.39 is 0 Å². The Morgan fingerprint density at radius 3 is 2.53 bits per heavy atom. The topological polar surface area (TPSA) is 37.0 Å². The van der Waals surface area contributed by atoms with Crippen LogP contribution in [0.2, 0.25) is 0 Å². The van der Waals surface area contributed by atoms with Crippen LogP contribution in [-0.2, 0) is 6.54 Å². The van der Waals surface area contributed by atoms with Gasteiger partial charge in [-0.25, -0.2) is 4.98 Å². The molecule has 3 nitrogen and oxygen atoms in total. The summed E-state index contributed by atoms with van der Waals surface area (Å²) in [6, 6.07) is 4.23. The molecule has 0 aliphatic heterocycles. The van der Waals surface area contributed by atoms with Gasteiger partial charge < -0.3 is 10.6 Å². The van der Waals surface area contributed by atoms with Crippen molar-refractivity contribution in [1.29, 1.82) is 0 Å². The van der Waals surface area contributed by atoms with Gasteiger partial charge in [-0.05, 0) is 36.1 Å². The Hall–Kier alpha value is -1.09. The van der Waals surface area contributed by atoms with Gasteiger partial charge in [0.05, 0.1) is 0 Å². The number of aromatic nitrogens is 1. The highest BCUT2D eigenvalue weighted by atomic mass is 15.0. The van der Waals surface area contributed by atoms with Gasteiger partial charge in [-0.1, -0.05) is 40.5 Å². The van der Waals surface area contributed by atoms with Gasteiger partial charge in [0.15, 0.2) is 0 Å². The van der Waals surface area contributed by atoms with Gasteiger partial charge in [0.25, 0.3) is 0 Å². The first-order valence-electron chi connectivity index (χ1n) is 7.55. The first-order valence-corrected chi connectivity index (χ1v) is 7.55. The fraction of sp³-hybridized carbons (Fsp3) is 0.688. The van der Waals surface area contributed by atoms with Crippen LogP contribution in [0.5, 0.6) is 0 Å². The van der Waals surface area contributed by atoms with Crippen LogP contribution in [0.15, 0.2) is 18.3 Å². The highest BCUT2D eigenvalue weighted by Crippen LogP contribution is 2.11. The maximum atomic E-state index is 4.38. The SMILES string of the molecule is CCC(CC)CNc1cc(CNCC(C)C)ccn1. The van der Waals surface area contributed by atoms with Gasteiger partial charge in [0.1, 0.15) is 5.82 Å². The molecule has 108 valence electrons. The van der Waals surface area contributed by atoms with E-state index in [-0.39, 0.29) is 0 Å². The normalized spacial score (nSPS) is 11.3. The van der Waals surface area contributed by atoms with Crippen molar-refractivity contribution in [3.63, 3.8) is 0 Å². The predicted molar refractivity (Wildman–Crippen MR) is 83.3 cm³/mol. The summed E-state index contributed by atoms with van der Waals surface area (Å²) >= 11 is 0. The van der Waals surface area contributed by atoms with Gasteiger partial charge in [-0.2, -0.15) is 0 Å². The number of rotatable bonds is 9. The third-order valence-electron chi connectivity index (χ3n) is 3.43. The lowest BCUT2D eigenvalue weighted by atomic mass is 10.0. The smallest absolute Gasteiger partial charge is 0.126 e. The fourth-order valence-corrected chi connectivity index (χ4v) is 2.01. The summed E-state index contributed by atoms with van der Waals surface area (Å²) in [5, 5.41) is 6.91. The second kappa shape index (κ2) is 8.92. The van der Waals surface area contributed by atoms with Gasteiger partial charge >= 0.3 is 0 Å². The minimum atomic E-state index is 0.689. The lowest BCUT2D eigenvalue weighted by Crippen LogP contribution is -2.19. The Kier molecular flexibility index (Phi) is 7.49. The van der Waals surface area contributed by atoms with Crippen LogP contribution >= 0.6 is 0 Å². The van der Waals surface area contributed by atoms with Crippen molar-refractivity contribution in [1.82, 2.24) is 10.3 Å². The molecule has 1 aromatic rings.